The maximum atomic E-state index is 12.5. The number of sulfonamides is 1. The number of thioether (sulfide) groups is 1. The Labute approximate surface area is 207 Å². The lowest BCUT2D eigenvalue weighted by Gasteiger charge is -2.09. The Morgan fingerprint density at radius 2 is 1.83 bits per heavy atom. The van der Waals surface area contributed by atoms with E-state index in [0.717, 1.165) is 5.56 Å². The number of ether oxygens (including phenoxy) is 1. The number of para-hydroxylation sites is 2. The minimum absolute atomic E-state index is 0.136. The van der Waals surface area contributed by atoms with Gasteiger partial charge in [-0.3, -0.25) is 4.79 Å². The summed E-state index contributed by atoms with van der Waals surface area (Å²) in [5.41, 5.74) is 2.11. The molecular weight excluding hydrogens is 488 g/mol. The topological polar surface area (TPSA) is 128 Å². The van der Waals surface area contributed by atoms with Crippen LogP contribution in [0.1, 0.15) is 11.4 Å². The van der Waals surface area contributed by atoms with E-state index in [1.165, 1.54) is 11.8 Å². The molecule has 4 aromatic rings. The predicted molar refractivity (Wildman–Crippen MR) is 133 cm³/mol. The summed E-state index contributed by atoms with van der Waals surface area (Å²) in [7, 11) is -2.08. The molecule has 0 spiro atoms. The number of methoxy groups -OCH3 is 1. The van der Waals surface area contributed by atoms with Crippen molar-refractivity contribution in [2.75, 3.05) is 24.7 Å². The smallest absolute Gasteiger partial charge is 0.240 e. The number of carbonyl (C=O) groups excluding carboxylic acids is 1. The van der Waals surface area contributed by atoms with Crippen molar-refractivity contribution in [2.45, 2.75) is 23.3 Å². The van der Waals surface area contributed by atoms with Gasteiger partial charge in [-0.15, -0.1) is 10.2 Å². The second-order valence-corrected chi connectivity index (χ2v) is 10.3. The highest BCUT2D eigenvalue weighted by molar-refractivity contribution is 7.99. The lowest BCUT2D eigenvalue weighted by molar-refractivity contribution is -0.113. The molecule has 0 saturated heterocycles. The van der Waals surface area contributed by atoms with E-state index in [-0.39, 0.29) is 23.1 Å². The molecule has 35 heavy (non-hydrogen) atoms. The van der Waals surface area contributed by atoms with Gasteiger partial charge in [0.05, 0.1) is 23.4 Å². The summed E-state index contributed by atoms with van der Waals surface area (Å²) in [6.45, 7) is 2.03. The Kier molecular flexibility index (Phi) is 7.63. The van der Waals surface area contributed by atoms with Crippen LogP contribution < -0.4 is 14.8 Å². The first-order valence-corrected chi connectivity index (χ1v) is 13.2. The average Bonchev–Trinajstić information content (AvgIpc) is 3.25. The van der Waals surface area contributed by atoms with E-state index in [4.69, 9.17) is 4.74 Å². The van der Waals surface area contributed by atoms with E-state index in [1.54, 1.807) is 60.2 Å². The van der Waals surface area contributed by atoms with Crippen molar-refractivity contribution in [3.63, 3.8) is 0 Å². The van der Waals surface area contributed by atoms with Gasteiger partial charge >= 0.3 is 0 Å². The molecule has 0 atom stereocenters. The van der Waals surface area contributed by atoms with Crippen LogP contribution in [0.2, 0.25) is 0 Å². The molecule has 12 heteroatoms. The predicted octanol–water partition coefficient (Wildman–Crippen LogP) is 2.69. The molecule has 2 aromatic carbocycles. The van der Waals surface area contributed by atoms with Crippen LogP contribution in [0.3, 0.4) is 0 Å². The van der Waals surface area contributed by atoms with Crippen LogP contribution in [0.4, 0.5) is 5.69 Å². The van der Waals surface area contributed by atoms with Gasteiger partial charge in [0, 0.05) is 13.0 Å². The second-order valence-electron chi connectivity index (χ2n) is 7.56. The zero-order valence-corrected chi connectivity index (χ0v) is 20.8. The SMILES string of the molecule is COc1ccccc1NC(=O)CSc1ccc2nnc(CCNS(=O)(=O)c3ccc(C)cc3)n2n1. The van der Waals surface area contributed by atoms with Gasteiger partial charge in [-0.25, -0.2) is 13.1 Å². The Bertz CT molecular complexity index is 1440. The number of amides is 1. The number of aryl methyl sites for hydroxylation is 1. The van der Waals surface area contributed by atoms with Gasteiger partial charge in [0.1, 0.15) is 10.8 Å². The average molecular weight is 513 g/mol. The number of nitrogens with zero attached hydrogens (tertiary/aromatic N) is 4. The highest BCUT2D eigenvalue weighted by Gasteiger charge is 2.15. The summed E-state index contributed by atoms with van der Waals surface area (Å²) < 4.78 is 34.4. The first kappa shape index (κ1) is 24.6. The van der Waals surface area contributed by atoms with Crippen LogP contribution in [-0.2, 0) is 21.2 Å². The van der Waals surface area contributed by atoms with Gasteiger partial charge in [-0.2, -0.15) is 9.61 Å². The van der Waals surface area contributed by atoms with E-state index in [9.17, 15) is 13.2 Å². The third-order valence-corrected chi connectivity index (χ3v) is 7.40. The summed E-state index contributed by atoms with van der Waals surface area (Å²) in [4.78, 5) is 12.6. The van der Waals surface area contributed by atoms with Gasteiger partial charge in [-0.05, 0) is 43.3 Å². The van der Waals surface area contributed by atoms with Gasteiger partial charge in [-0.1, -0.05) is 41.6 Å². The maximum Gasteiger partial charge on any atom is 0.240 e. The number of nitrogens with one attached hydrogen (secondary N) is 2. The lowest BCUT2D eigenvalue weighted by atomic mass is 10.2. The van der Waals surface area contributed by atoms with Crippen LogP contribution >= 0.6 is 11.8 Å². The highest BCUT2D eigenvalue weighted by atomic mass is 32.2. The van der Waals surface area contributed by atoms with Crippen molar-refractivity contribution in [2.24, 2.45) is 0 Å². The van der Waals surface area contributed by atoms with E-state index in [1.807, 2.05) is 19.1 Å². The van der Waals surface area contributed by atoms with E-state index >= 15 is 0 Å². The molecule has 0 unspecified atom stereocenters. The molecule has 2 aromatic heterocycles. The Balaban J connectivity index is 1.36. The fourth-order valence-corrected chi connectivity index (χ4v) is 4.91. The fraction of sp³-hybridized carbons (Fsp3) is 0.217. The number of rotatable bonds is 10. The minimum Gasteiger partial charge on any atom is -0.495 e. The molecule has 2 heterocycles. The number of anilines is 1. The maximum absolute atomic E-state index is 12.5. The third kappa shape index (κ3) is 6.15. The van der Waals surface area contributed by atoms with Gasteiger partial charge in [0.25, 0.3) is 0 Å². The number of carbonyl (C=O) groups is 1. The van der Waals surface area contributed by atoms with Crippen molar-refractivity contribution in [3.05, 3.63) is 72.1 Å². The van der Waals surface area contributed by atoms with Crippen LogP contribution in [-0.4, -0.2) is 53.5 Å². The molecule has 10 nitrogen and oxygen atoms in total. The van der Waals surface area contributed by atoms with E-state index in [2.05, 4.69) is 25.3 Å². The largest absolute Gasteiger partial charge is 0.495 e. The van der Waals surface area contributed by atoms with E-state index in [0.29, 0.717) is 34.4 Å². The molecule has 0 fully saturated rings. The van der Waals surface area contributed by atoms with Crippen molar-refractivity contribution < 1.29 is 17.9 Å². The standard InChI is InChI=1S/C23H24N6O4S2/c1-16-7-9-17(10-8-16)35(31,32)24-14-13-21-27-26-20-11-12-23(28-29(20)21)34-15-22(30)25-18-5-3-4-6-19(18)33-2/h3-12,24H,13-15H2,1-2H3,(H,25,30). The number of benzene rings is 2. The third-order valence-electron chi connectivity index (χ3n) is 5.01. The quantitative estimate of drug-likeness (QED) is 0.311. The van der Waals surface area contributed by atoms with Crippen molar-refractivity contribution in [1.82, 2.24) is 24.5 Å². The van der Waals surface area contributed by atoms with Gasteiger partial charge in [0.2, 0.25) is 15.9 Å². The molecule has 1 amide bonds. The number of fused-ring (bicyclic) bond motifs is 1. The van der Waals surface area contributed by atoms with Crippen LogP contribution in [0, 0.1) is 6.92 Å². The van der Waals surface area contributed by atoms with Crippen molar-refractivity contribution >= 4 is 39.0 Å². The first-order valence-electron chi connectivity index (χ1n) is 10.7. The number of aromatic nitrogens is 4. The normalized spacial score (nSPS) is 11.5. The van der Waals surface area contributed by atoms with E-state index < -0.39 is 10.0 Å². The monoisotopic (exact) mass is 512 g/mol. The Morgan fingerprint density at radius 1 is 1.06 bits per heavy atom. The summed E-state index contributed by atoms with van der Waals surface area (Å²) in [6.07, 6.45) is 0.293. The zero-order valence-electron chi connectivity index (χ0n) is 19.1. The lowest BCUT2D eigenvalue weighted by Crippen LogP contribution is -2.26. The van der Waals surface area contributed by atoms with Gasteiger partial charge in [0.15, 0.2) is 11.5 Å². The summed E-state index contributed by atoms with van der Waals surface area (Å²) in [6, 6.07) is 17.3. The molecule has 0 radical (unpaired) electrons. The van der Waals surface area contributed by atoms with Gasteiger partial charge < -0.3 is 10.1 Å². The van der Waals surface area contributed by atoms with Crippen molar-refractivity contribution in [1.29, 1.82) is 0 Å². The Morgan fingerprint density at radius 3 is 2.60 bits per heavy atom. The molecule has 0 saturated carbocycles. The summed E-state index contributed by atoms with van der Waals surface area (Å²) in [5, 5.41) is 16.1. The Hall–Kier alpha value is -3.48. The molecule has 0 aliphatic carbocycles. The molecule has 4 rings (SSSR count). The molecule has 0 aliphatic rings. The van der Waals surface area contributed by atoms with Crippen molar-refractivity contribution in [3.8, 4) is 5.75 Å². The molecule has 2 N–H and O–H groups in total. The van der Waals surface area contributed by atoms with Crippen LogP contribution in [0.15, 0.2) is 70.6 Å². The zero-order chi connectivity index (χ0) is 24.8. The molecule has 0 aliphatic heterocycles. The summed E-state index contributed by atoms with van der Waals surface area (Å²) >= 11 is 1.26. The molecular formula is C23H24N6O4S2. The molecule has 182 valence electrons. The van der Waals surface area contributed by atoms with Crippen LogP contribution in [0.25, 0.3) is 5.65 Å². The highest BCUT2D eigenvalue weighted by Crippen LogP contribution is 2.24. The number of hydrogen-bond acceptors (Lipinski definition) is 8. The molecule has 0 bridgehead atoms. The minimum atomic E-state index is -3.63. The number of hydrogen-bond donors (Lipinski definition) is 2. The first-order chi connectivity index (χ1) is 16.9. The summed E-state index contributed by atoms with van der Waals surface area (Å²) in [5.74, 6) is 1.03. The second kappa shape index (κ2) is 10.8. The van der Waals surface area contributed by atoms with Crippen LogP contribution in [0.5, 0.6) is 5.75 Å². The fourth-order valence-electron chi connectivity index (χ4n) is 3.22.